The maximum absolute atomic E-state index is 9.36. The molecule has 0 aliphatic heterocycles. The molecule has 0 amide bonds. The molecular formula is C10H20O. The number of rotatable bonds is 3. The van der Waals surface area contributed by atoms with Crippen LogP contribution in [-0.2, 0) is 0 Å². The van der Waals surface area contributed by atoms with Crippen LogP contribution < -0.4 is 0 Å². The van der Waals surface area contributed by atoms with Crippen LogP contribution in [0.5, 0.6) is 0 Å². The first-order valence-electron chi connectivity index (χ1n) is 4.17. The molecule has 1 nitrogen and oxygen atoms in total. The van der Waals surface area contributed by atoms with Crippen molar-refractivity contribution < 1.29 is 5.11 Å². The second kappa shape index (κ2) is 3.91. The Morgan fingerprint density at radius 1 is 1.45 bits per heavy atom. The van der Waals surface area contributed by atoms with Gasteiger partial charge in [-0.05, 0) is 32.6 Å². The predicted octanol–water partition coefficient (Wildman–Crippen LogP) is 2.75. The van der Waals surface area contributed by atoms with Crippen LogP contribution in [-0.4, -0.2) is 11.2 Å². The van der Waals surface area contributed by atoms with E-state index in [0.29, 0.717) is 0 Å². The van der Waals surface area contributed by atoms with E-state index in [-0.39, 0.29) is 11.5 Å². The first-order valence-corrected chi connectivity index (χ1v) is 4.17. The van der Waals surface area contributed by atoms with E-state index in [9.17, 15) is 5.11 Å². The third-order valence-corrected chi connectivity index (χ3v) is 2.17. The molecule has 0 spiro atoms. The van der Waals surface area contributed by atoms with Gasteiger partial charge in [0.15, 0.2) is 0 Å². The van der Waals surface area contributed by atoms with Gasteiger partial charge < -0.3 is 5.11 Å². The molecule has 0 aromatic heterocycles. The Kier molecular flexibility index (Phi) is 3.81. The third kappa shape index (κ3) is 4.20. The van der Waals surface area contributed by atoms with Crippen molar-refractivity contribution in [3.63, 3.8) is 0 Å². The Labute approximate surface area is 70.1 Å². The molecule has 1 atom stereocenters. The van der Waals surface area contributed by atoms with Crippen LogP contribution >= 0.6 is 0 Å². The van der Waals surface area contributed by atoms with Gasteiger partial charge in [0.25, 0.3) is 0 Å². The normalized spacial score (nSPS) is 14.4. The van der Waals surface area contributed by atoms with Gasteiger partial charge in [-0.15, -0.1) is 0 Å². The molecule has 0 saturated heterocycles. The van der Waals surface area contributed by atoms with Crippen molar-refractivity contribution in [2.75, 3.05) is 0 Å². The fourth-order valence-electron chi connectivity index (χ4n) is 0.638. The Hall–Kier alpha value is -0.300. The topological polar surface area (TPSA) is 20.2 Å². The van der Waals surface area contributed by atoms with Crippen molar-refractivity contribution in [2.24, 2.45) is 5.41 Å². The molecule has 0 bridgehead atoms. The minimum atomic E-state index is -0.238. The van der Waals surface area contributed by atoms with Gasteiger partial charge in [-0.25, -0.2) is 0 Å². The molecule has 1 heteroatoms. The van der Waals surface area contributed by atoms with Crippen molar-refractivity contribution in [3.05, 3.63) is 11.6 Å². The van der Waals surface area contributed by atoms with Gasteiger partial charge in [0.1, 0.15) is 0 Å². The zero-order valence-electron chi connectivity index (χ0n) is 8.31. The fourth-order valence-corrected chi connectivity index (χ4v) is 0.638. The fraction of sp³-hybridized carbons (Fsp3) is 0.800. The second-order valence-electron chi connectivity index (χ2n) is 4.15. The minimum Gasteiger partial charge on any atom is -0.393 e. The van der Waals surface area contributed by atoms with E-state index in [1.54, 1.807) is 0 Å². The lowest BCUT2D eigenvalue weighted by molar-refractivity contribution is 0.0684. The quantitative estimate of drug-likeness (QED) is 0.623. The molecule has 11 heavy (non-hydrogen) atoms. The highest BCUT2D eigenvalue weighted by atomic mass is 16.3. The van der Waals surface area contributed by atoms with Gasteiger partial charge in [0.2, 0.25) is 0 Å². The average molecular weight is 156 g/mol. The number of aliphatic hydroxyl groups is 1. The zero-order chi connectivity index (χ0) is 9.07. The van der Waals surface area contributed by atoms with Crippen LogP contribution in [0.15, 0.2) is 11.6 Å². The van der Waals surface area contributed by atoms with E-state index >= 15 is 0 Å². The summed E-state index contributed by atoms with van der Waals surface area (Å²) < 4.78 is 0. The van der Waals surface area contributed by atoms with Gasteiger partial charge in [0, 0.05) is 0 Å². The largest absolute Gasteiger partial charge is 0.393 e. The Balaban J connectivity index is 4.03. The van der Waals surface area contributed by atoms with Crippen molar-refractivity contribution in [3.8, 4) is 0 Å². The maximum Gasteiger partial charge on any atom is 0.0565 e. The lowest BCUT2D eigenvalue weighted by atomic mass is 9.83. The summed E-state index contributed by atoms with van der Waals surface area (Å²) in [6.45, 7) is 10.2. The summed E-state index contributed by atoms with van der Waals surface area (Å²) in [5, 5.41) is 9.36. The second-order valence-corrected chi connectivity index (χ2v) is 4.15. The van der Waals surface area contributed by atoms with Gasteiger partial charge in [-0.2, -0.15) is 0 Å². The molecular weight excluding hydrogens is 136 g/mol. The summed E-state index contributed by atoms with van der Waals surface area (Å²) in [6.07, 6.45) is 2.89. The lowest BCUT2D eigenvalue weighted by Crippen LogP contribution is -2.25. The molecule has 0 aromatic carbocycles. The lowest BCUT2D eigenvalue weighted by Gasteiger charge is -2.26. The summed E-state index contributed by atoms with van der Waals surface area (Å²) in [5.41, 5.74) is 1.33. The highest BCUT2D eigenvalue weighted by Gasteiger charge is 2.22. The molecule has 0 aliphatic rings. The van der Waals surface area contributed by atoms with Crippen molar-refractivity contribution in [1.29, 1.82) is 0 Å². The molecule has 0 rings (SSSR count). The molecule has 0 aromatic rings. The molecule has 0 heterocycles. The Morgan fingerprint density at radius 2 is 1.91 bits per heavy atom. The predicted molar refractivity (Wildman–Crippen MR) is 49.5 cm³/mol. The van der Waals surface area contributed by atoms with Crippen LogP contribution in [0, 0.1) is 5.41 Å². The smallest absolute Gasteiger partial charge is 0.0565 e. The number of aliphatic hydroxyl groups excluding tert-OH is 1. The third-order valence-electron chi connectivity index (χ3n) is 2.17. The van der Waals surface area contributed by atoms with Gasteiger partial charge in [-0.3, -0.25) is 0 Å². The highest BCUT2D eigenvalue weighted by Crippen LogP contribution is 2.25. The molecule has 0 radical (unpaired) electrons. The number of allylic oxidation sites excluding steroid dienone is 2. The van der Waals surface area contributed by atoms with E-state index in [1.807, 2.05) is 6.92 Å². The summed E-state index contributed by atoms with van der Waals surface area (Å²) in [5.74, 6) is 0. The Morgan fingerprint density at radius 3 is 2.18 bits per heavy atom. The maximum atomic E-state index is 9.36. The molecule has 1 N–H and O–H groups in total. The van der Waals surface area contributed by atoms with E-state index in [4.69, 9.17) is 0 Å². The summed E-state index contributed by atoms with van der Waals surface area (Å²) >= 11 is 0. The van der Waals surface area contributed by atoms with Gasteiger partial charge >= 0.3 is 0 Å². The van der Waals surface area contributed by atoms with Crippen molar-refractivity contribution >= 4 is 0 Å². The minimum absolute atomic E-state index is 0.0112. The summed E-state index contributed by atoms with van der Waals surface area (Å²) in [7, 11) is 0. The van der Waals surface area contributed by atoms with Crippen LogP contribution in [0.25, 0.3) is 0 Å². The van der Waals surface area contributed by atoms with Gasteiger partial charge in [-0.1, -0.05) is 25.5 Å². The highest BCUT2D eigenvalue weighted by molar-refractivity contribution is 4.96. The SMILES string of the molecule is CC(C)=CCC(C)(C)[C@@H](C)O. The van der Waals surface area contributed by atoms with Crippen LogP contribution in [0.4, 0.5) is 0 Å². The standard InChI is InChI=1S/C10H20O/c1-8(2)6-7-10(4,5)9(3)11/h6,9,11H,7H2,1-5H3/t9-/m1/s1. The molecule has 0 unspecified atom stereocenters. The summed E-state index contributed by atoms with van der Waals surface area (Å²) in [4.78, 5) is 0. The molecule has 66 valence electrons. The van der Waals surface area contributed by atoms with Crippen molar-refractivity contribution in [1.82, 2.24) is 0 Å². The Bertz CT molecular complexity index is 139. The van der Waals surface area contributed by atoms with E-state index in [2.05, 4.69) is 33.8 Å². The number of hydrogen-bond donors (Lipinski definition) is 1. The van der Waals surface area contributed by atoms with Crippen LogP contribution in [0.2, 0.25) is 0 Å². The summed E-state index contributed by atoms with van der Waals surface area (Å²) in [6, 6.07) is 0. The van der Waals surface area contributed by atoms with Crippen LogP contribution in [0.1, 0.15) is 41.0 Å². The monoisotopic (exact) mass is 156 g/mol. The number of hydrogen-bond acceptors (Lipinski definition) is 1. The first kappa shape index (κ1) is 10.7. The van der Waals surface area contributed by atoms with Gasteiger partial charge in [0.05, 0.1) is 6.10 Å². The molecule has 0 fully saturated rings. The van der Waals surface area contributed by atoms with E-state index < -0.39 is 0 Å². The zero-order valence-corrected chi connectivity index (χ0v) is 8.31. The van der Waals surface area contributed by atoms with Crippen molar-refractivity contribution in [2.45, 2.75) is 47.1 Å². The van der Waals surface area contributed by atoms with E-state index in [1.165, 1.54) is 5.57 Å². The van der Waals surface area contributed by atoms with Crippen LogP contribution in [0.3, 0.4) is 0 Å². The molecule has 0 aliphatic carbocycles. The molecule has 0 saturated carbocycles. The first-order chi connectivity index (χ1) is 4.86. The average Bonchev–Trinajstić information content (AvgIpc) is 1.84. The van der Waals surface area contributed by atoms with E-state index in [0.717, 1.165) is 6.42 Å².